The van der Waals surface area contributed by atoms with Crippen molar-refractivity contribution in [3.8, 4) is 0 Å². The number of hydrogen-bond acceptors (Lipinski definition) is 8. The van der Waals surface area contributed by atoms with Crippen molar-refractivity contribution in [2.24, 2.45) is 5.73 Å². The minimum atomic E-state index is -2.60. The number of nitrogens with two attached hydrogens (primary N) is 1. The van der Waals surface area contributed by atoms with Gasteiger partial charge in [-0.05, 0) is 93.4 Å². The van der Waals surface area contributed by atoms with Crippen LogP contribution in [0.4, 0.5) is 0 Å². The zero-order valence-electron chi connectivity index (χ0n) is 25.3. The molecule has 0 rings (SSSR count). The maximum atomic E-state index is 6.08. The van der Waals surface area contributed by atoms with E-state index in [9.17, 15) is 0 Å². The summed E-state index contributed by atoms with van der Waals surface area (Å²) in [5, 5.41) is 0. The van der Waals surface area contributed by atoms with Crippen LogP contribution in [0.3, 0.4) is 0 Å². The zero-order valence-corrected chi connectivity index (χ0v) is 27.3. The van der Waals surface area contributed by atoms with Crippen LogP contribution in [0.15, 0.2) is 0 Å². The van der Waals surface area contributed by atoms with Gasteiger partial charge in [0.05, 0.1) is 0 Å². The maximum Gasteiger partial charge on any atom is 0.500 e. The molecule has 2 N–H and O–H groups in total. The molecule has 37 heavy (non-hydrogen) atoms. The lowest BCUT2D eigenvalue weighted by atomic mass is 10.1. The SMILES string of the molecule is CCO[Si](CCCN(CCCCCCCCCN)CCC[Si](OCC)(OCC)OCC)(OCC)OCC. The van der Waals surface area contributed by atoms with Gasteiger partial charge in [0, 0.05) is 51.7 Å². The molecule has 224 valence electrons. The number of rotatable bonds is 29. The molecule has 0 aliphatic rings. The van der Waals surface area contributed by atoms with Crippen molar-refractivity contribution in [1.29, 1.82) is 0 Å². The first-order chi connectivity index (χ1) is 18.0. The highest BCUT2D eigenvalue weighted by Crippen LogP contribution is 2.21. The molecule has 0 amide bonds. The lowest BCUT2D eigenvalue weighted by Crippen LogP contribution is -2.47. The highest BCUT2D eigenvalue weighted by molar-refractivity contribution is 6.61. The summed E-state index contributed by atoms with van der Waals surface area (Å²) in [7, 11) is -5.21. The Morgan fingerprint density at radius 3 is 1.05 bits per heavy atom. The minimum Gasteiger partial charge on any atom is -0.374 e. The van der Waals surface area contributed by atoms with Gasteiger partial charge >= 0.3 is 17.6 Å². The number of hydrogen-bond donors (Lipinski definition) is 1. The molecule has 0 aliphatic carbocycles. The van der Waals surface area contributed by atoms with Gasteiger partial charge in [-0.2, -0.15) is 0 Å². The van der Waals surface area contributed by atoms with Crippen LogP contribution in [0.25, 0.3) is 0 Å². The summed E-state index contributed by atoms with van der Waals surface area (Å²) in [5.74, 6) is 0. The summed E-state index contributed by atoms with van der Waals surface area (Å²) in [6.45, 7) is 19.8. The van der Waals surface area contributed by atoms with E-state index in [-0.39, 0.29) is 0 Å². The molecular weight excluding hydrogens is 504 g/mol. The van der Waals surface area contributed by atoms with E-state index in [1.807, 2.05) is 41.5 Å². The van der Waals surface area contributed by atoms with Gasteiger partial charge in [-0.3, -0.25) is 0 Å². The Morgan fingerprint density at radius 2 is 0.730 bits per heavy atom. The van der Waals surface area contributed by atoms with E-state index in [1.54, 1.807) is 0 Å². The molecule has 0 spiro atoms. The lowest BCUT2D eigenvalue weighted by molar-refractivity contribution is 0.0692. The highest BCUT2D eigenvalue weighted by atomic mass is 28.4. The molecule has 0 aromatic heterocycles. The minimum absolute atomic E-state index is 0.625. The monoisotopic (exact) mass is 566 g/mol. The summed E-state index contributed by atoms with van der Waals surface area (Å²) in [6.07, 6.45) is 10.9. The molecule has 0 aromatic carbocycles. The van der Waals surface area contributed by atoms with E-state index in [4.69, 9.17) is 32.3 Å². The summed E-state index contributed by atoms with van der Waals surface area (Å²) < 4.78 is 36.5. The molecule has 0 aliphatic heterocycles. The topological polar surface area (TPSA) is 84.6 Å². The van der Waals surface area contributed by atoms with Crippen LogP contribution in [0.2, 0.25) is 12.1 Å². The van der Waals surface area contributed by atoms with E-state index in [0.29, 0.717) is 39.6 Å². The van der Waals surface area contributed by atoms with Crippen LogP contribution in [0.1, 0.15) is 99.3 Å². The molecule has 0 saturated carbocycles. The third kappa shape index (κ3) is 18.2. The smallest absolute Gasteiger partial charge is 0.374 e. The maximum absolute atomic E-state index is 6.08. The van der Waals surface area contributed by atoms with Crippen molar-refractivity contribution in [2.75, 3.05) is 65.8 Å². The van der Waals surface area contributed by atoms with E-state index in [0.717, 1.165) is 57.5 Å². The molecule has 0 radical (unpaired) electrons. The second kappa shape index (κ2) is 25.1. The summed E-state index contributed by atoms with van der Waals surface area (Å²) in [5.41, 5.74) is 5.61. The van der Waals surface area contributed by atoms with Crippen LogP contribution < -0.4 is 5.73 Å². The van der Waals surface area contributed by atoms with Gasteiger partial charge in [0.15, 0.2) is 0 Å². The molecule has 0 heterocycles. The van der Waals surface area contributed by atoms with Gasteiger partial charge in [0.1, 0.15) is 0 Å². The summed E-state index contributed by atoms with van der Waals surface area (Å²) in [6, 6.07) is 1.71. The largest absolute Gasteiger partial charge is 0.500 e. The molecule has 0 unspecified atom stereocenters. The summed E-state index contributed by atoms with van der Waals surface area (Å²) >= 11 is 0. The van der Waals surface area contributed by atoms with Crippen LogP contribution in [-0.2, 0) is 26.6 Å². The fourth-order valence-corrected chi connectivity index (χ4v) is 9.93. The average Bonchev–Trinajstić information content (AvgIpc) is 2.86. The Balaban J connectivity index is 4.97. The van der Waals surface area contributed by atoms with Crippen molar-refractivity contribution >= 4 is 17.6 Å². The third-order valence-electron chi connectivity index (χ3n) is 6.28. The van der Waals surface area contributed by atoms with Crippen LogP contribution in [0, 0.1) is 0 Å². The molecule has 10 heteroatoms. The van der Waals surface area contributed by atoms with Crippen LogP contribution in [0.5, 0.6) is 0 Å². The van der Waals surface area contributed by atoms with Crippen molar-refractivity contribution in [3.63, 3.8) is 0 Å². The lowest BCUT2D eigenvalue weighted by Gasteiger charge is -2.31. The second-order valence-corrected chi connectivity index (χ2v) is 14.7. The Hall–Kier alpha value is 0.114. The molecule has 0 aromatic rings. The van der Waals surface area contributed by atoms with E-state index >= 15 is 0 Å². The Morgan fingerprint density at radius 1 is 0.432 bits per heavy atom. The van der Waals surface area contributed by atoms with Gasteiger partial charge < -0.3 is 37.2 Å². The highest BCUT2D eigenvalue weighted by Gasteiger charge is 2.41. The first kappa shape index (κ1) is 37.1. The van der Waals surface area contributed by atoms with E-state index in [2.05, 4.69) is 4.90 Å². The molecule has 0 bridgehead atoms. The first-order valence-electron chi connectivity index (χ1n) is 15.3. The van der Waals surface area contributed by atoms with Gasteiger partial charge in [0.25, 0.3) is 0 Å². The number of unbranched alkanes of at least 4 members (excludes halogenated alkanes) is 6. The van der Waals surface area contributed by atoms with Crippen molar-refractivity contribution in [3.05, 3.63) is 0 Å². The molecule has 8 nitrogen and oxygen atoms in total. The Bertz CT molecular complexity index is 428. The third-order valence-corrected chi connectivity index (χ3v) is 12.6. The normalized spacial score (nSPS) is 12.6. The predicted octanol–water partition coefficient (Wildman–Crippen LogP) is 5.85. The fraction of sp³-hybridized carbons (Fsp3) is 1.00. The van der Waals surface area contributed by atoms with Crippen LogP contribution in [-0.4, -0.2) is 88.3 Å². The molecule has 0 saturated heterocycles. The van der Waals surface area contributed by atoms with Crippen molar-refractivity contribution in [1.82, 2.24) is 4.90 Å². The predicted molar refractivity (Wildman–Crippen MR) is 158 cm³/mol. The van der Waals surface area contributed by atoms with Crippen molar-refractivity contribution in [2.45, 2.75) is 111 Å². The van der Waals surface area contributed by atoms with Crippen LogP contribution >= 0.6 is 0 Å². The Labute approximate surface area is 232 Å². The fourth-order valence-electron chi connectivity index (χ4n) is 4.74. The van der Waals surface area contributed by atoms with E-state index < -0.39 is 17.6 Å². The molecule has 0 atom stereocenters. The summed E-state index contributed by atoms with van der Waals surface area (Å²) in [4.78, 5) is 2.60. The zero-order chi connectivity index (χ0) is 27.7. The number of nitrogens with zero attached hydrogens (tertiary/aromatic N) is 1. The first-order valence-corrected chi connectivity index (χ1v) is 19.1. The van der Waals surface area contributed by atoms with E-state index in [1.165, 1.54) is 38.5 Å². The standard InChI is InChI=1S/C27H62N2O6Si2/c1-7-30-36(31-8-2,32-9-3)26-20-24-29(23-19-17-15-13-14-16-18-22-28)25-21-27-37(33-10-4,34-11-5)35-12-6/h7-28H2,1-6H3. The van der Waals surface area contributed by atoms with Gasteiger partial charge in [-0.15, -0.1) is 0 Å². The van der Waals surface area contributed by atoms with Gasteiger partial charge in [0.2, 0.25) is 0 Å². The molecular formula is C27H62N2O6Si2. The van der Waals surface area contributed by atoms with Gasteiger partial charge in [-0.1, -0.05) is 32.1 Å². The quantitative estimate of drug-likeness (QED) is 0.0891. The Kier molecular flexibility index (Phi) is 25.2. The van der Waals surface area contributed by atoms with Gasteiger partial charge in [-0.25, -0.2) is 0 Å². The second-order valence-electron chi connectivity index (χ2n) is 9.28. The van der Waals surface area contributed by atoms with Crippen molar-refractivity contribution < 1.29 is 26.6 Å². The average molecular weight is 567 g/mol. The molecule has 0 fully saturated rings.